The third kappa shape index (κ3) is 7.40. The molecule has 134 valence electrons. The fourth-order valence-electron chi connectivity index (χ4n) is 2.52. The summed E-state index contributed by atoms with van der Waals surface area (Å²) in [7, 11) is 1.80. The Kier molecular flexibility index (Phi) is 8.56. The first-order valence-corrected chi connectivity index (χ1v) is 8.93. The van der Waals surface area contributed by atoms with Crippen LogP contribution in [0.2, 0.25) is 0 Å². The standard InChI is InChI=1S/C21H29N3O/c1-18(20-13-7-4-8-14-20)24-21(22-2)23-15-9-10-16-25-17-19-11-5-3-6-12-19/h3-8,11-14,18H,9-10,15-17H2,1-2H3,(H2,22,23,24). The monoisotopic (exact) mass is 339 g/mol. The Morgan fingerprint density at radius 3 is 2.36 bits per heavy atom. The van der Waals surface area contributed by atoms with Crippen molar-refractivity contribution in [2.24, 2.45) is 4.99 Å². The van der Waals surface area contributed by atoms with Crippen molar-refractivity contribution in [3.8, 4) is 0 Å². The highest BCUT2D eigenvalue weighted by atomic mass is 16.5. The Morgan fingerprint density at radius 1 is 1.00 bits per heavy atom. The lowest BCUT2D eigenvalue weighted by molar-refractivity contribution is 0.117. The van der Waals surface area contributed by atoms with E-state index in [2.05, 4.69) is 58.9 Å². The number of rotatable bonds is 9. The summed E-state index contributed by atoms with van der Waals surface area (Å²) < 4.78 is 5.70. The van der Waals surface area contributed by atoms with Crippen molar-refractivity contribution < 1.29 is 4.74 Å². The van der Waals surface area contributed by atoms with E-state index in [4.69, 9.17) is 4.74 Å². The summed E-state index contributed by atoms with van der Waals surface area (Å²) in [6.07, 6.45) is 2.08. The van der Waals surface area contributed by atoms with E-state index in [0.717, 1.165) is 32.0 Å². The van der Waals surface area contributed by atoms with Crippen LogP contribution in [-0.4, -0.2) is 26.2 Å². The summed E-state index contributed by atoms with van der Waals surface area (Å²) in [5.74, 6) is 0.835. The van der Waals surface area contributed by atoms with Gasteiger partial charge >= 0.3 is 0 Å². The average Bonchev–Trinajstić information content (AvgIpc) is 2.67. The Labute approximate surface area is 151 Å². The number of aliphatic imine (C=N–C) groups is 1. The second kappa shape index (κ2) is 11.3. The second-order valence-corrected chi connectivity index (χ2v) is 6.02. The minimum atomic E-state index is 0.224. The minimum absolute atomic E-state index is 0.224. The van der Waals surface area contributed by atoms with Gasteiger partial charge in [0, 0.05) is 20.2 Å². The maximum absolute atomic E-state index is 5.70. The van der Waals surface area contributed by atoms with Gasteiger partial charge in [-0.15, -0.1) is 0 Å². The van der Waals surface area contributed by atoms with Crippen molar-refractivity contribution in [3.05, 3.63) is 71.8 Å². The zero-order valence-electron chi connectivity index (χ0n) is 15.2. The van der Waals surface area contributed by atoms with Gasteiger partial charge in [-0.2, -0.15) is 0 Å². The number of nitrogens with zero attached hydrogens (tertiary/aromatic N) is 1. The van der Waals surface area contributed by atoms with Crippen molar-refractivity contribution in [2.75, 3.05) is 20.2 Å². The highest BCUT2D eigenvalue weighted by Crippen LogP contribution is 2.10. The molecular weight excluding hydrogens is 310 g/mol. The molecular formula is C21H29N3O. The van der Waals surface area contributed by atoms with Gasteiger partial charge in [0.05, 0.1) is 12.6 Å². The zero-order chi connectivity index (χ0) is 17.7. The number of nitrogens with one attached hydrogen (secondary N) is 2. The van der Waals surface area contributed by atoms with Crippen molar-refractivity contribution >= 4 is 5.96 Å². The van der Waals surface area contributed by atoms with Crippen LogP contribution in [-0.2, 0) is 11.3 Å². The van der Waals surface area contributed by atoms with Crippen LogP contribution in [0.4, 0.5) is 0 Å². The van der Waals surface area contributed by atoms with E-state index in [1.165, 1.54) is 11.1 Å². The third-order valence-electron chi connectivity index (χ3n) is 4.00. The molecule has 2 N–H and O–H groups in total. The number of benzene rings is 2. The predicted molar refractivity (Wildman–Crippen MR) is 105 cm³/mol. The molecule has 0 amide bonds. The highest BCUT2D eigenvalue weighted by Gasteiger charge is 2.06. The average molecular weight is 339 g/mol. The SMILES string of the molecule is CN=C(NCCCCOCc1ccccc1)NC(C)c1ccccc1. The van der Waals surface area contributed by atoms with Crippen LogP contribution in [0.15, 0.2) is 65.7 Å². The summed E-state index contributed by atoms with van der Waals surface area (Å²) in [6.45, 7) is 4.49. The molecule has 1 atom stereocenters. The minimum Gasteiger partial charge on any atom is -0.377 e. The lowest BCUT2D eigenvalue weighted by Gasteiger charge is -2.18. The molecule has 0 spiro atoms. The first kappa shape index (κ1) is 19.0. The molecule has 0 aliphatic carbocycles. The Bertz CT molecular complexity index is 614. The van der Waals surface area contributed by atoms with Gasteiger partial charge in [0.15, 0.2) is 5.96 Å². The van der Waals surface area contributed by atoms with Gasteiger partial charge in [-0.25, -0.2) is 0 Å². The van der Waals surface area contributed by atoms with Crippen LogP contribution in [0.25, 0.3) is 0 Å². The summed E-state index contributed by atoms with van der Waals surface area (Å²) in [6, 6.07) is 20.9. The first-order valence-electron chi connectivity index (χ1n) is 8.93. The topological polar surface area (TPSA) is 45.7 Å². The lowest BCUT2D eigenvalue weighted by Crippen LogP contribution is -2.39. The molecule has 25 heavy (non-hydrogen) atoms. The molecule has 0 saturated carbocycles. The normalized spacial score (nSPS) is 12.6. The fraction of sp³-hybridized carbons (Fsp3) is 0.381. The number of guanidine groups is 1. The molecule has 0 fully saturated rings. The van der Waals surface area contributed by atoms with E-state index >= 15 is 0 Å². The largest absolute Gasteiger partial charge is 0.377 e. The van der Waals surface area contributed by atoms with E-state index in [1.807, 2.05) is 24.3 Å². The van der Waals surface area contributed by atoms with E-state index < -0.39 is 0 Å². The summed E-state index contributed by atoms with van der Waals surface area (Å²) in [5.41, 5.74) is 2.47. The molecule has 0 radical (unpaired) electrons. The van der Waals surface area contributed by atoms with Crippen LogP contribution < -0.4 is 10.6 Å². The molecule has 4 nitrogen and oxygen atoms in total. The Morgan fingerprint density at radius 2 is 1.68 bits per heavy atom. The quantitative estimate of drug-likeness (QED) is 0.414. The van der Waals surface area contributed by atoms with Gasteiger partial charge in [-0.1, -0.05) is 60.7 Å². The maximum atomic E-state index is 5.70. The molecule has 0 heterocycles. The van der Waals surface area contributed by atoms with Crippen LogP contribution in [0.1, 0.15) is 36.9 Å². The van der Waals surface area contributed by atoms with Gasteiger partial charge in [-0.3, -0.25) is 4.99 Å². The molecule has 0 saturated heterocycles. The lowest BCUT2D eigenvalue weighted by atomic mass is 10.1. The number of hydrogen-bond donors (Lipinski definition) is 2. The predicted octanol–water partition coefficient (Wildman–Crippen LogP) is 3.91. The molecule has 0 aliphatic heterocycles. The smallest absolute Gasteiger partial charge is 0.191 e. The van der Waals surface area contributed by atoms with E-state index in [1.54, 1.807) is 7.05 Å². The second-order valence-electron chi connectivity index (χ2n) is 6.02. The first-order chi connectivity index (χ1) is 12.3. The Hall–Kier alpha value is -2.33. The number of unbranched alkanes of at least 4 members (excludes halogenated alkanes) is 1. The number of ether oxygens (including phenoxy) is 1. The van der Waals surface area contributed by atoms with E-state index in [9.17, 15) is 0 Å². The maximum Gasteiger partial charge on any atom is 0.191 e. The summed E-state index contributed by atoms with van der Waals surface area (Å²) >= 11 is 0. The van der Waals surface area contributed by atoms with E-state index in [0.29, 0.717) is 6.61 Å². The van der Waals surface area contributed by atoms with Gasteiger partial charge in [0.2, 0.25) is 0 Å². The van der Waals surface area contributed by atoms with Gasteiger partial charge < -0.3 is 15.4 Å². The third-order valence-corrected chi connectivity index (χ3v) is 4.00. The highest BCUT2D eigenvalue weighted by molar-refractivity contribution is 5.80. The molecule has 2 rings (SSSR count). The van der Waals surface area contributed by atoms with Gasteiger partial charge in [-0.05, 0) is 30.9 Å². The molecule has 0 aliphatic rings. The van der Waals surface area contributed by atoms with Gasteiger partial charge in [0.25, 0.3) is 0 Å². The summed E-state index contributed by atoms with van der Waals surface area (Å²) in [4.78, 5) is 4.29. The van der Waals surface area contributed by atoms with Crippen molar-refractivity contribution in [1.29, 1.82) is 0 Å². The van der Waals surface area contributed by atoms with Crippen LogP contribution in [0.3, 0.4) is 0 Å². The van der Waals surface area contributed by atoms with Crippen LogP contribution >= 0.6 is 0 Å². The molecule has 0 bridgehead atoms. The van der Waals surface area contributed by atoms with Crippen LogP contribution in [0.5, 0.6) is 0 Å². The molecule has 0 aromatic heterocycles. The molecule has 1 unspecified atom stereocenters. The van der Waals surface area contributed by atoms with Crippen molar-refractivity contribution in [2.45, 2.75) is 32.4 Å². The molecule has 2 aromatic rings. The summed E-state index contributed by atoms with van der Waals surface area (Å²) in [5, 5.41) is 6.78. The molecule has 4 heteroatoms. The van der Waals surface area contributed by atoms with Crippen LogP contribution in [0, 0.1) is 0 Å². The van der Waals surface area contributed by atoms with E-state index in [-0.39, 0.29) is 6.04 Å². The van der Waals surface area contributed by atoms with Crippen molar-refractivity contribution in [1.82, 2.24) is 10.6 Å². The molecule has 2 aromatic carbocycles. The fourth-order valence-corrected chi connectivity index (χ4v) is 2.52. The Balaban J connectivity index is 1.57. The van der Waals surface area contributed by atoms with Gasteiger partial charge in [0.1, 0.15) is 0 Å². The number of hydrogen-bond acceptors (Lipinski definition) is 2. The van der Waals surface area contributed by atoms with Crippen molar-refractivity contribution in [3.63, 3.8) is 0 Å². The zero-order valence-corrected chi connectivity index (χ0v) is 15.2.